The molecule has 0 saturated carbocycles. The van der Waals surface area contributed by atoms with Crippen molar-refractivity contribution in [3.8, 4) is 0 Å². The first kappa shape index (κ1) is 77.6. The van der Waals surface area contributed by atoms with Gasteiger partial charge >= 0.3 is 17.9 Å². The van der Waals surface area contributed by atoms with E-state index >= 15 is 0 Å². The highest BCUT2D eigenvalue weighted by Crippen LogP contribution is 2.18. The Labute approximate surface area is 503 Å². The van der Waals surface area contributed by atoms with E-state index in [1.807, 2.05) is 6.08 Å². The molecule has 81 heavy (non-hydrogen) atoms. The van der Waals surface area contributed by atoms with Gasteiger partial charge in [-0.15, -0.1) is 0 Å². The Balaban J connectivity index is 4.28. The Bertz CT molecular complexity index is 1530. The Morgan fingerprint density at radius 3 is 0.802 bits per heavy atom. The zero-order valence-corrected chi connectivity index (χ0v) is 53.8. The van der Waals surface area contributed by atoms with Gasteiger partial charge in [0.2, 0.25) is 0 Å². The molecule has 0 aromatic carbocycles. The summed E-state index contributed by atoms with van der Waals surface area (Å²) in [6, 6.07) is 0. The van der Waals surface area contributed by atoms with Gasteiger partial charge in [0.15, 0.2) is 6.10 Å². The van der Waals surface area contributed by atoms with Gasteiger partial charge < -0.3 is 14.2 Å². The predicted octanol–water partition coefficient (Wildman–Crippen LogP) is 24.2. The largest absolute Gasteiger partial charge is 0.462 e. The molecule has 0 aromatic rings. The number of allylic oxidation sites excluding steroid dienone is 14. The minimum Gasteiger partial charge on any atom is -0.462 e. The Hall–Kier alpha value is -3.41. The molecule has 0 rings (SSSR count). The fourth-order valence-electron chi connectivity index (χ4n) is 10.2. The minimum absolute atomic E-state index is 0.106. The van der Waals surface area contributed by atoms with E-state index in [0.717, 1.165) is 89.9 Å². The Morgan fingerprint density at radius 1 is 0.259 bits per heavy atom. The molecule has 6 nitrogen and oxygen atoms in total. The third-order valence-corrected chi connectivity index (χ3v) is 15.4. The lowest BCUT2D eigenvalue weighted by molar-refractivity contribution is -0.166. The predicted molar refractivity (Wildman–Crippen MR) is 353 cm³/mol. The van der Waals surface area contributed by atoms with Gasteiger partial charge in [-0.3, -0.25) is 14.4 Å². The maximum absolute atomic E-state index is 12.9. The molecule has 0 fully saturated rings. The molecular formula is C75H132O6. The van der Waals surface area contributed by atoms with E-state index < -0.39 is 6.10 Å². The smallest absolute Gasteiger partial charge is 0.306 e. The highest BCUT2D eigenvalue weighted by atomic mass is 16.6. The zero-order valence-electron chi connectivity index (χ0n) is 53.8. The van der Waals surface area contributed by atoms with Crippen LogP contribution in [-0.4, -0.2) is 37.2 Å². The SMILES string of the molecule is CC/C=C\C/C=C\C/C=C\C/C=C\C/C=C\C/C=C\CCC(=O)OC(COC(=O)CCCCCCC/C=C\CCCCCCC)COC(=O)CCCCCCCCCCCCCCCCCCCCCCCCCCCCCCCC. The van der Waals surface area contributed by atoms with E-state index in [2.05, 4.69) is 99.8 Å². The van der Waals surface area contributed by atoms with Gasteiger partial charge in [-0.05, 0) is 83.5 Å². The maximum atomic E-state index is 12.9. The molecule has 6 heteroatoms. The molecule has 468 valence electrons. The van der Waals surface area contributed by atoms with Crippen LogP contribution in [0.5, 0.6) is 0 Å². The summed E-state index contributed by atoms with van der Waals surface area (Å²) in [4.78, 5) is 38.3. The van der Waals surface area contributed by atoms with E-state index in [-0.39, 0.29) is 37.5 Å². The normalized spacial score (nSPS) is 12.6. The van der Waals surface area contributed by atoms with Crippen LogP contribution in [0.3, 0.4) is 0 Å². The number of hydrogen-bond donors (Lipinski definition) is 0. The Kier molecular flexibility index (Phi) is 66.2. The summed E-state index contributed by atoms with van der Waals surface area (Å²) in [5, 5.41) is 0. The third-order valence-electron chi connectivity index (χ3n) is 15.4. The number of carbonyl (C=O) groups is 3. The van der Waals surface area contributed by atoms with E-state index in [4.69, 9.17) is 14.2 Å². The summed E-state index contributed by atoms with van der Waals surface area (Å²) >= 11 is 0. The van der Waals surface area contributed by atoms with Gasteiger partial charge in [0.1, 0.15) is 13.2 Å². The van der Waals surface area contributed by atoms with Crippen LogP contribution in [0.1, 0.15) is 355 Å². The second-order valence-electron chi connectivity index (χ2n) is 23.4. The summed E-state index contributed by atoms with van der Waals surface area (Å²) in [5.74, 6) is -0.985. The first-order chi connectivity index (χ1) is 40.0. The summed E-state index contributed by atoms with van der Waals surface area (Å²) in [6.07, 6.45) is 92.1. The first-order valence-electron chi connectivity index (χ1n) is 35.1. The highest BCUT2D eigenvalue weighted by Gasteiger charge is 2.19. The molecule has 0 amide bonds. The van der Waals surface area contributed by atoms with Gasteiger partial charge in [-0.25, -0.2) is 0 Å². The van der Waals surface area contributed by atoms with Gasteiger partial charge in [0.25, 0.3) is 0 Å². The minimum atomic E-state index is -0.821. The number of carbonyl (C=O) groups excluding carboxylic acids is 3. The molecule has 0 heterocycles. The second kappa shape index (κ2) is 69.1. The van der Waals surface area contributed by atoms with Crippen LogP contribution in [-0.2, 0) is 28.6 Å². The lowest BCUT2D eigenvalue weighted by Gasteiger charge is -2.18. The molecule has 0 N–H and O–H groups in total. The van der Waals surface area contributed by atoms with E-state index in [9.17, 15) is 14.4 Å². The number of esters is 3. The van der Waals surface area contributed by atoms with Crippen molar-refractivity contribution in [2.45, 2.75) is 361 Å². The van der Waals surface area contributed by atoms with Crippen molar-refractivity contribution in [3.63, 3.8) is 0 Å². The van der Waals surface area contributed by atoms with Crippen molar-refractivity contribution < 1.29 is 28.6 Å². The number of hydrogen-bond acceptors (Lipinski definition) is 6. The Morgan fingerprint density at radius 2 is 0.506 bits per heavy atom. The fraction of sp³-hybridized carbons (Fsp3) is 0.773. The molecule has 0 saturated heterocycles. The van der Waals surface area contributed by atoms with Crippen LogP contribution in [0.4, 0.5) is 0 Å². The quantitative estimate of drug-likeness (QED) is 0.0261. The van der Waals surface area contributed by atoms with Crippen LogP contribution >= 0.6 is 0 Å². The first-order valence-corrected chi connectivity index (χ1v) is 35.1. The molecule has 0 bridgehead atoms. The van der Waals surface area contributed by atoms with Crippen LogP contribution in [0, 0.1) is 0 Å². The monoisotopic (exact) mass is 1130 g/mol. The van der Waals surface area contributed by atoms with Crippen LogP contribution in [0.15, 0.2) is 85.1 Å². The molecule has 1 unspecified atom stereocenters. The maximum Gasteiger partial charge on any atom is 0.306 e. The van der Waals surface area contributed by atoms with Crippen LogP contribution < -0.4 is 0 Å². The molecule has 0 radical (unpaired) electrons. The van der Waals surface area contributed by atoms with Crippen molar-refractivity contribution in [2.75, 3.05) is 13.2 Å². The van der Waals surface area contributed by atoms with Crippen LogP contribution in [0.2, 0.25) is 0 Å². The van der Waals surface area contributed by atoms with Crippen molar-refractivity contribution >= 4 is 17.9 Å². The number of rotatable bonds is 64. The van der Waals surface area contributed by atoms with Gasteiger partial charge in [0.05, 0.1) is 0 Å². The van der Waals surface area contributed by atoms with Crippen molar-refractivity contribution in [1.29, 1.82) is 0 Å². The van der Waals surface area contributed by atoms with E-state index in [1.165, 1.54) is 218 Å². The van der Waals surface area contributed by atoms with Crippen molar-refractivity contribution in [2.24, 2.45) is 0 Å². The van der Waals surface area contributed by atoms with Gasteiger partial charge in [-0.2, -0.15) is 0 Å². The lowest BCUT2D eigenvalue weighted by Crippen LogP contribution is -2.30. The summed E-state index contributed by atoms with van der Waals surface area (Å²) in [6.45, 7) is 6.50. The number of unbranched alkanes of at least 4 members (excludes halogenated alkanes) is 39. The summed E-state index contributed by atoms with van der Waals surface area (Å²) < 4.78 is 16.9. The summed E-state index contributed by atoms with van der Waals surface area (Å²) in [5.41, 5.74) is 0. The summed E-state index contributed by atoms with van der Waals surface area (Å²) in [7, 11) is 0. The topological polar surface area (TPSA) is 78.9 Å². The van der Waals surface area contributed by atoms with Gasteiger partial charge in [0, 0.05) is 19.3 Å². The third kappa shape index (κ3) is 67.3. The molecule has 0 spiro atoms. The molecular weight excluding hydrogens is 997 g/mol. The fourth-order valence-corrected chi connectivity index (χ4v) is 10.2. The highest BCUT2D eigenvalue weighted by molar-refractivity contribution is 5.71. The standard InChI is InChI=1S/C75H132O6/c1-4-7-10-13-16-19-22-25-28-30-32-33-34-35-36-37-38-39-40-41-42-44-45-47-50-53-56-59-62-65-68-74(77)80-71-72(70-79-73(76)67-64-61-58-55-52-49-27-24-21-18-15-12-9-6-3)81-75(78)69-66-63-60-57-54-51-48-46-43-31-29-26-23-20-17-14-11-8-5-2/h8,11,17,20,24,26-27,29,43,46,51,54,60,63,72H,4-7,9-10,12-16,18-19,21-23,25,28,30-42,44-45,47-50,52-53,55-59,61-62,64-71H2,1-3H3/b11-8-,20-17-,27-24-,29-26-,46-43-,54-51-,63-60-. The van der Waals surface area contributed by atoms with Gasteiger partial charge in [-0.1, -0.05) is 337 Å². The van der Waals surface area contributed by atoms with Crippen molar-refractivity contribution in [1.82, 2.24) is 0 Å². The lowest BCUT2D eigenvalue weighted by atomic mass is 10.0. The second-order valence-corrected chi connectivity index (χ2v) is 23.4. The molecule has 1 atom stereocenters. The van der Waals surface area contributed by atoms with Crippen LogP contribution in [0.25, 0.3) is 0 Å². The number of ether oxygens (including phenoxy) is 3. The zero-order chi connectivity index (χ0) is 58.5. The van der Waals surface area contributed by atoms with E-state index in [1.54, 1.807) is 0 Å². The van der Waals surface area contributed by atoms with E-state index in [0.29, 0.717) is 19.3 Å². The molecule has 0 aliphatic rings. The van der Waals surface area contributed by atoms with Crippen molar-refractivity contribution in [3.05, 3.63) is 85.1 Å². The average molecular weight is 1130 g/mol. The molecule has 0 aliphatic carbocycles. The molecule has 0 aromatic heterocycles. The average Bonchev–Trinajstić information content (AvgIpc) is 3.47. The molecule has 0 aliphatic heterocycles.